The monoisotopic (exact) mass is 190 g/mol. The van der Waals surface area contributed by atoms with Crippen molar-refractivity contribution in [1.82, 2.24) is 9.55 Å². The van der Waals surface area contributed by atoms with Crippen LogP contribution in [-0.2, 0) is 13.0 Å². The Morgan fingerprint density at radius 2 is 2.36 bits per heavy atom. The van der Waals surface area contributed by atoms with E-state index in [9.17, 15) is 0 Å². The van der Waals surface area contributed by atoms with Crippen LogP contribution < -0.4 is 5.73 Å². The van der Waals surface area contributed by atoms with Crippen molar-refractivity contribution in [2.24, 2.45) is 5.73 Å². The highest BCUT2D eigenvalue weighted by Gasteiger charge is 2.21. The molecule has 74 valence electrons. The molecule has 2 heterocycles. The van der Waals surface area contributed by atoms with E-state index in [-0.39, 0.29) is 6.04 Å². The number of fused-ring (bicyclic) bond motifs is 1. The second-order valence-corrected chi connectivity index (χ2v) is 3.77. The third-order valence-electron chi connectivity index (χ3n) is 2.66. The first-order valence-electron chi connectivity index (χ1n) is 4.99. The van der Waals surface area contributed by atoms with E-state index in [2.05, 4.69) is 15.6 Å². The Bertz CT molecular complexity index is 384. The van der Waals surface area contributed by atoms with Gasteiger partial charge in [0.05, 0.1) is 11.7 Å². The van der Waals surface area contributed by atoms with Crippen LogP contribution in [-0.4, -0.2) is 9.55 Å². The first kappa shape index (κ1) is 9.22. The minimum atomic E-state index is -0.0889. The summed E-state index contributed by atoms with van der Waals surface area (Å²) >= 11 is 0. The van der Waals surface area contributed by atoms with Gasteiger partial charge >= 0.3 is 0 Å². The maximum absolute atomic E-state index is 8.92. The van der Waals surface area contributed by atoms with E-state index >= 15 is 0 Å². The predicted octanol–water partition coefficient (Wildman–Crippen LogP) is 1.11. The number of rotatable bonds is 1. The Morgan fingerprint density at radius 3 is 3.00 bits per heavy atom. The number of nitrogens with zero attached hydrogens (tertiary/aromatic N) is 3. The van der Waals surface area contributed by atoms with Gasteiger partial charge in [-0.25, -0.2) is 4.98 Å². The zero-order valence-corrected chi connectivity index (χ0v) is 8.32. The van der Waals surface area contributed by atoms with Crippen molar-refractivity contribution in [1.29, 1.82) is 5.26 Å². The van der Waals surface area contributed by atoms with Crippen LogP contribution in [0.5, 0.6) is 0 Å². The molecule has 0 amide bonds. The Kier molecular flexibility index (Phi) is 2.26. The average Bonchev–Trinajstić information content (AvgIpc) is 2.56. The lowest BCUT2D eigenvalue weighted by Gasteiger charge is -2.17. The van der Waals surface area contributed by atoms with Crippen LogP contribution in [0.4, 0.5) is 0 Å². The first-order chi connectivity index (χ1) is 6.74. The van der Waals surface area contributed by atoms with Crippen LogP contribution in [0.15, 0.2) is 0 Å². The number of aromatic nitrogens is 2. The van der Waals surface area contributed by atoms with Gasteiger partial charge in [0.25, 0.3) is 0 Å². The Morgan fingerprint density at radius 1 is 1.57 bits per heavy atom. The van der Waals surface area contributed by atoms with Crippen molar-refractivity contribution >= 4 is 0 Å². The Balaban J connectivity index is 2.53. The molecule has 0 aliphatic carbocycles. The second kappa shape index (κ2) is 3.43. The molecule has 1 aliphatic heterocycles. The lowest BCUT2D eigenvalue weighted by atomic mass is 10.1. The van der Waals surface area contributed by atoms with Crippen molar-refractivity contribution in [3.8, 4) is 6.07 Å². The van der Waals surface area contributed by atoms with Gasteiger partial charge in [0.1, 0.15) is 11.9 Å². The molecule has 1 aromatic heterocycles. The molecular formula is C10H14N4. The number of imidazole rings is 1. The molecule has 1 aliphatic rings. The molecule has 4 heteroatoms. The summed E-state index contributed by atoms with van der Waals surface area (Å²) in [6.45, 7) is 2.87. The van der Waals surface area contributed by atoms with E-state index in [0.29, 0.717) is 5.69 Å². The van der Waals surface area contributed by atoms with E-state index in [1.54, 1.807) is 0 Å². The van der Waals surface area contributed by atoms with E-state index in [4.69, 9.17) is 11.0 Å². The van der Waals surface area contributed by atoms with Gasteiger partial charge in [-0.2, -0.15) is 5.26 Å². The van der Waals surface area contributed by atoms with Crippen LogP contribution in [0.2, 0.25) is 0 Å². The molecule has 0 spiro atoms. The van der Waals surface area contributed by atoms with Crippen LogP contribution in [0, 0.1) is 11.3 Å². The molecule has 1 aromatic rings. The molecular weight excluding hydrogens is 176 g/mol. The fourth-order valence-electron chi connectivity index (χ4n) is 2.01. The largest absolute Gasteiger partial charge is 0.329 e. The molecule has 0 radical (unpaired) electrons. The van der Waals surface area contributed by atoms with Gasteiger partial charge in [0, 0.05) is 6.54 Å². The van der Waals surface area contributed by atoms with Crippen molar-refractivity contribution in [3.63, 3.8) is 0 Å². The van der Waals surface area contributed by atoms with Gasteiger partial charge in [0.15, 0.2) is 5.69 Å². The number of nitrogens with two attached hydrogens (primary N) is 1. The normalized spacial score (nSPS) is 17.2. The summed E-state index contributed by atoms with van der Waals surface area (Å²) in [5.41, 5.74) is 7.45. The van der Waals surface area contributed by atoms with E-state index in [1.807, 2.05) is 6.92 Å². The number of hydrogen-bond donors (Lipinski definition) is 1. The standard InChI is InChI=1S/C10H14N4/c1-7(12)10-13-8(6-11)9-4-2-3-5-14(9)10/h7H,2-5,12H2,1H3. The molecule has 4 nitrogen and oxygen atoms in total. The smallest absolute Gasteiger partial charge is 0.162 e. The maximum atomic E-state index is 8.92. The summed E-state index contributed by atoms with van der Waals surface area (Å²) in [4.78, 5) is 4.29. The fraction of sp³-hybridized carbons (Fsp3) is 0.600. The van der Waals surface area contributed by atoms with Gasteiger partial charge in [-0.15, -0.1) is 0 Å². The van der Waals surface area contributed by atoms with Crippen LogP contribution in [0.25, 0.3) is 0 Å². The van der Waals surface area contributed by atoms with Gasteiger partial charge in [-0.1, -0.05) is 0 Å². The highest BCUT2D eigenvalue weighted by Crippen LogP contribution is 2.22. The lowest BCUT2D eigenvalue weighted by molar-refractivity contribution is 0.501. The van der Waals surface area contributed by atoms with Gasteiger partial charge in [-0.05, 0) is 26.2 Å². The molecule has 0 fully saturated rings. The summed E-state index contributed by atoms with van der Waals surface area (Å²) in [6.07, 6.45) is 3.27. The molecule has 0 aromatic carbocycles. The van der Waals surface area contributed by atoms with Crippen molar-refractivity contribution < 1.29 is 0 Å². The fourth-order valence-corrected chi connectivity index (χ4v) is 2.01. The van der Waals surface area contributed by atoms with Crippen LogP contribution >= 0.6 is 0 Å². The SMILES string of the molecule is CC(N)c1nc(C#N)c2n1CCCC2. The first-order valence-corrected chi connectivity index (χ1v) is 4.99. The average molecular weight is 190 g/mol. The molecule has 0 saturated heterocycles. The Labute approximate surface area is 83.4 Å². The third-order valence-corrected chi connectivity index (χ3v) is 2.66. The van der Waals surface area contributed by atoms with Crippen molar-refractivity contribution in [2.45, 2.75) is 38.8 Å². The number of nitriles is 1. The van der Waals surface area contributed by atoms with Crippen LogP contribution in [0.1, 0.15) is 43.0 Å². The molecule has 2 rings (SSSR count). The zero-order chi connectivity index (χ0) is 10.1. The van der Waals surface area contributed by atoms with Crippen molar-refractivity contribution in [3.05, 3.63) is 17.2 Å². The zero-order valence-electron chi connectivity index (χ0n) is 8.32. The molecule has 14 heavy (non-hydrogen) atoms. The quantitative estimate of drug-likeness (QED) is 0.721. The van der Waals surface area contributed by atoms with E-state index < -0.39 is 0 Å². The highest BCUT2D eigenvalue weighted by molar-refractivity contribution is 5.30. The predicted molar refractivity (Wildman–Crippen MR) is 52.5 cm³/mol. The summed E-state index contributed by atoms with van der Waals surface area (Å²) in [5, 5.41) is 8.92. The molecule has 2 N–H and O–H groups in total. The van der Waals surface area contributed by atoms with E-state index in [0.717, 1.165) is 37.3 Å². The molecule has 0 bridgehead atoms. The summed E-state index contributed by atoms with van der Waals surface area (Å²) in [5.74, 6) is 0.858. The third kappa shape index (κ3) is 1.30. The van der Waals surface area contributed by atoms with Gasteiger partial charge in [0.2, 0.25) is 0 Å². The minimum Gasteiger partial charge on any atom is -0.329 e. The Hall–Kier alpha value is -1.34. The summed E-state index contributed by atoms with van der Waals surface area (Å²) in [7, 11) is 0. The van der Waals surface area contributed by atoms with Gasteiger partial charge in [-0.3, -0.25) is 0 Å². The maximum Gasteiger partial charge on any atom is 0.162 e. The van der Waals surface area contributed by atoms with Crippen molar-refractivity contribution in [2.75, 3.05) is 0 Å². The summed E-state index contributed by atoms with van der Waals surface area (Å²) < 4.78 is 2.12. The molecule has 1 unspecified atom stereocenters. The topological polar surface area (TPSA) is 67.6 Å². The van der Waals surface area contributed by atoms with E-state index in [1.165, 1.54) is 0 Å². The molecule has 1 atom stereocenters. The number of hydrogen-bond acceptors (Lipinski definition) is 3. The van der Waals surface area contributed by atoms with Gasteiger partial charge < -0.3 is 10.3 Å². The molecule has 0 saturated carbocycles. The minimum absolute atomic E-state index is 0.0889. The second-order valence-electron chi connectivity index (χ2n) is 3.77. The summed E-state index contributed by atoms with van der Waals surface area (Å²) in [6, 6.07) is 2.05. The van der Waals surface area contributed by atoms with Crippen LogP contribution in [0.3, 0.4) is 0 Å². The lowest BCUT2D eigenvalue weighted by Crippen LogP contribution is -2.18. The highest BCUT2D eigenvalue weighted by atomic mass is 15.1.